The monoisotopic (exact) mass is 284 g/mol. The Morgan fingerprint density at radius 1 is 1.19 bits per heavy atom. The first-order valence-electron chi connectivity index (χ1n) is 6.95. The molecule has 0 bridgehead atoms. The summed E-state index contributed by atoms with van der Waals surface area (Å²) in [6.07, 6.45) is 1.55. The van der Waals surface area contributed by atoms with Gasteiger partial charge in [-0.2, -0.15) is 0 Å². The molecule has 3 nitrogen and oxygen atoms in total. The van der Waals surface area contributed by atoms with Crippen molar-refractivity contribution in [2.45, 2.75) is 25.2 Å². The molecule has 21 heavy (non-hydrogen) atoms. The molecule has 1 aliphatic rings. The van der Waals surface area contributed by atoms with Gasteiger partial charge in [-0.3, -0.25) is 4.79 Å². The molecule has 3 N–H and O–H groups in total. The first kappa shape index (κ1) is 13.6. The van der Waals surface area contributed by atoms with Crippen molar-refractivity contribution in [2.24, 2.45) is 0 Å². The van der Waals surface area contributed by atoms with E-state index in [4.69, 9.17) is 5.73 Å². The van der Waals surface area contributed by atoms with E-state index >= 15 is 0 Å². The number of nitrogens with two attached hydrogens (primary N) is 1. The molecule has 1 saturated carbocycles. The fourth-order valence-electron chi connectivity index (χ4n) is 2.55. The summed E-state index contributed by atoms with van der Waals surface area (Å²) in [7, 11) is 0. The third-order valence-corrected chi connectivity index (χ3v) is 4.02. The highest BCUT2D eigenvalue weighted by atomic mass is 19.1. The van der Waals surface area contributed by atoms with Gasteiger partial charge in [-0.05, 0) is 55.2 Å². The van der Waals surface area contributed by atoms with E-state index in [1.54, 1.807) is 24.3 Å². The second-order valence-corrected chi connectivity index (χ2v) is 5.64. The normalized spacial score (nSPS) is 15.5. The first-order valence-corrected chi connectivity index (χ1v) is 6.95. The molecule has 3 rings (SSSR count). The van der Waals surface area contributed by atoms with E-state index in [-0.39, 0.29) is 11.6 Å². The smallest absolute Gasteiger partial charge is 0.235 e. The third-order valence-electron chi connectivity index (χ3n) is 4.02. The topological polar surface area (TPSA) is 55.1 Å². The van der Waals surface area contributed by atoms with Crippen molar-refractivity contribution < 1.29 is 9.18 Å². The summed E-state index contributed by atoms with van der Waals surface area (Å²) < 4.78 is 13.8. The number of nitrogen functional groups attached to an aromatic ring is 1. The van der Waals surface area contributed by atoms with Crippen LogP contribution in [0, 0.1) is 12.7 Å². The number of carbonyl (C=O) groups is 1. The lowest BCUT2D eigenvalue weighted by Crippen LogP contribution is -2.28. The lowest BCUT2D eigenvalue weighted by atomic mass is 9.94. The Morgan fingerprint density at radius 3 is 2.48 bits per heavy atom. The van der Waals surface area contributed by atoms with Gasteiger partial charge >= 0.3 is 0 Å². The molecule has 108 valence electrons. The molecule has 1 aliphatic carbocycles. The van der Waals surface area contributed by atoms with Gasteiger partial charge in [0.25, 0.3) is 0 Å². The van der Waals surface area contributed by atoms with Crippen molar-refractivity contribution in [3.05, 3.63) is 59.4 Å². The SMILES string of the molecule is Cc1ccc(F)c(NC(=O)C2(c3ccc(N)cc3)CC2)c1. The number of nitrogens with one attached hydrogen (secondary N) is 1. The largest absolute Gasteiger partial charge is 0.399 e. The predicted molar refractivity (Wildman–Crippen MR) is 81.5 cm³/mol. The molecule has 1 fully saturated rings. The summed E-state index contributed by atoms with van der Waals surface area (Å²) in [5, 5.41) is 2.72. The molecule has 0 aliphatic heterocycles. The van der Waals surface area contributed by atoms with Gasteiger partial charge < -0.3 is 11.1 Å². The second-order valence-electron chi connectivity index (χ2n) is 5.64. The molecule has 0 heterocycles. The van der Waals surface area contributed by atoms with Gasteiger partial charge in [-0.1, -0.05) is 18.2 Å². The fraction of sp³-hybridized carbons (Fsp3) is 0.235. The minimum atomic E-state index is -0.538. The number of aryl methyl sites for hydroxylation is 1. The van der Waals surface area contributed by atoms with Gasteiger partial charge in [-0.15, -0.1) is 0 Å². The highest BCUT2D eigenvalue weighted by Gasteiger charge is 2.51. The maximum absolute atomic E-state index is 13.8. The third kappa shape index (κ3) is 2.49. The molecule has 0 saturated heterocycles. The Balaban J connectivity index is 1.85. The van der Waals surface area contributed by atoms with Gasteiger partial charge in [0, 0.05) is 5.69 Å². The average Bonchev–Trinajstić information content (AvgIpc) is 3.25. The number of benzene rings is 2. The lowest BCUT2D eigenvalue weighted by Gasteiger charge is -2.16. The Kier molecular flexibility index (Phi) is 3.16. The summed E-state index contributed by atoms with van der Waals surface area (Å²) in [6, 6.07) is 12.0. The van der Waals surface area contributed by atoms with Crippen molar-refractivity contribution >= 4 is 17.3 Å². The molecule has 4 heteroatoms. The molecule has 0 unspecified atom stereocenters. The first-order chi connectivity index (χ1) is 10.0. The number of halogens is 1. The number of hydrogen-bond acceptors (Lipinski definition) is 2. The predicted octanol–water partition coefficient (Wildman–Crippen LogP) is 3.39. The van der Waals surface area contributed by atoms with Crippen LogP contribution >= 0.6 is 0 Å². The van der Waals surface area contributed by atoms with Gasteiger partial charge in [-0.25, -0.2) is 4.39 Å². The van der Waals surface area contributed by atoms with Crippen LogP contribution in [0.4, 0.5) is 15.8 Å². The van der Waals surface area contributed by atoms with Crippen LogP contribution < -0.4 is 11.1 Å². The van der Waals surface area contributed by atoms with Crippen molar-refractivity contribution in [1.82, 2.24) is 0 Å². The summed E-state index contributed by atoms with van der Waals surface area (Å²) >= 11 is 0. The van der Waals surface area contributed by atoms with Crippen LogP contribution in [0.5, 0.6) is 0 Å². The van der Waals surface area contributed by atoms with E-state index in [1.807, 2.05) is 19.1 Å². The Hall–Kier alpha value is -2.36. The quantitative estimate of drug-likeness (QED) is 0.849. The minimum absolute atomic E-state index is 0.156. The van der Waals surface area contributed by atoms with Gasteiger partial charge in [0.05, 0.1) is 11.1 Å². The summed E-state index contributed by atoms with van der Waals surface area (Å²) in [5.74, 6) is -0.571. The van der Waals surface area contributed by atoms with Crippen molar-refractivity contribution in [3.8, 4) is 0 Å². The highest BCUT2D eigenvalue weighted by Crippen LogP contribution is 2.49. The number of amides is 1. The zero-order valence-corrected chi connectivity index (χ0v) is 11.8. The zero-order valence-electron chi connectivity index (χ0n) is 11.8. The van der Waals surface area contributed by atoms with Gasteiger partial charge in [0.2, 0.25) is 5.91 Å². The lowest BCUT2D eigenvalue weighted by molar-refractivity contribution is -0.118. The second kappa shape index (κ2) is 4.88. The van der Waals surface area contributed by atoms with Crippen LogP contribution in [0.3, 0.4) is 0 Å². The number of carbonyl (C=O) groups excluding carboxylic acids is 1. The van der Waals surface area contributed by atoms with Gasteiger partial charge in [0.15, 0.2) is 0 Å². The molecule has 0 atom stereocenters. The van der Waals surface area contributed by atoms with E-state index in [9.17, 15) is 9.18 Å². The maximum atomic E-state index is 13.8. The minimum Gasteiger partial charge on any atom is -0.399 e. The zero-order chi connectivity index (χ0) is 15.0. The summed E-state index contributed by atoms with van der Waals surface area (Å²) in [5.41, 5.74) is 7.88. The van der Waals surface area contributed by atoms with Crippen LogP contribution in [0.1, 0.15) is 24.0 Å². The summed E-state index contributed by atoms with van der Waals surface area (Å²) in [6.45, 7) is 1.86. The molecule has 0 radical (unpaired) electrons. The van der Waals surface area contributed by atoms with Crippen LogP contribution in [-0.4, -0.2) is 5.91 Å². The molecule has 2 aromatic rings. The summed E-state index contributed by atoms with van der Waals surface area (Å²) in [4.78, 5) is 12.5. The van der Waals surface area contributed by atoms with E-state index in [1.165, 1.54) is 6.07 Å². The van der Waals surface area contributed by atoms with Crippen molar-refractivity contribution in [1.29, 1.82) is 0 Å². The van der Waals surface area contributed by atoms with E-state index in [0.29, 0.717) is 5.69 Å². The standard InChI is InChI=1S/C17H17FN2O/c1-11-2-7-14(18)15(10-11)20-16(21)17(8-9-17)12-3-5-13(19)6-4-12/h2-7,10H,8-9,19H2,1H3,(H,20,21). The molecular formula is C17H17FN2O. The number of hydrogen-bond donors (Lipinski definition) is 2. The van der Waals surface area contributed by atoms with E-state index < -0.39 is 11.2 Å². The molecular weight excluding hydrogens is 267 g/mol. The highest BCUT2D eigenvalue weighted by molar-refractivity contribution is 6.01. The van der Waals surface area contributed by atoms with Gasteiger partial charge in [0.1, 0.15) is 5.82 Å². The van der Waals surface area contributed by atoms with E-state index in [0.717, 1.165) is 24.0 Å². The Bertz CT molecular complexity index is 690. The number of anilines is 2. The number of rotatable bonds is 3. The molecule has 1 amide bonds. The molecule has 0 spiro atoms. The van der Waals surface area contributed by atoms with Crippen molar-refractivity contribution in [3.63, 3.8) is 0 Å². The van der Waals surface area contributed by atoms with Crippen molar-refractivity contribution in [2.75, 3.05) is 11.1 Å². The molecule has 2 aromatic carbocycles. The maximum Gasteiger partial charge on any atom is 0.235 e. The van der Waals surface area contributed by atoms with Crippen LogP contribution in [0.25, 0.3) is 0 Å². The van der Waals surface area contributed by atoms with Crippen LogP contribution in [-0.2, 0) is 10.2 Å². The Labute approximate surface area is 123 Å². The fourth-order valence-corrected chi connectivity index (χ4v) is 2.55. The average molecular weight is 284 g/mol. The van der Waals surface area contributed by atoms with Crippen LogP contribution in [0.2, 0.25) is 0 Å². The molecule has 0 aromatic heterocycles. The van der Waals surface area contributed by atoms with Crippen LogP contribution in [0.15, 0.2) is 42.5 Å². The van der Waals surface area contributed by atoms with E-state index in [2.05, 4.69) is 5.32 Å². The Morgan fingerprint density at radius 2 is 1.86 bits per heavy atom.